The lowest BCUT2D eigenvalue weighted by atomic mass is 10.0. The third kappa shape index (κ3) is 3.09. The van der Waals surface area contributed by atoms with Gasteiger partial charge in [-0.3, -0.25) is 0 Å². The van der Waals surface area contributed by atoms with Gasteiger partial charge in [-0.15, -0.1) is 0 Å². The molecule has 0 aromatic carbocycles. The van der Waals surface area contributed by atoms with Crippen molar-refractivity contribution in [2.24, 2.45) is 0 Å². The lowest BCUT2D eigenvalue weighted by molar-refractivity contribution is 0.273. The van der Waals surface area contributed by atoms with E-state index in [1.165, 1.54) is 0 Å². The molecule has 0 aliphatic carbocycles. The molecule has 1 saturated heterocycles. The Kier molecular flexibility index (Phi) is 3.97. The molecule has 0 bridgehead atoms. The van der Waals surface area contributed by atoms with Crippen molar-refractivity contribution in [2.75, 3.05) is 18.4 Å². The molecule has 0 spiro atoms. The lowest BCUT2D eigenvalue weighted by Gasteiger charge is -2.34. The molecule has 1 aliphatic rings. The molecule has 1 aromatic rings. The van der Waals surface area contributed by atoms with Gasteiger partial charge in [-0.1, -0.05) is 13.2 Å². The first-order valence-corrected chi connectivity index (χ1v) is 6.30. The van der Waals surface area contributed by atoms with Gasteiger partial charge in [0.1, 0.15) is 12.1 Å². The largest absolute Gasteiger partial charge is 0.375 e. The molecule has 2 heterocycles. The first-order chi connectivity index (χ1) is 8.69. The fourth-order valence-electron chi connectivity index (χ4n) is 2.18. The summed E-state index contributed by atoms with van der Waals surface area (Å²) in [4.78, 5) is 10.7. The maximum absolute atomic E-state index is 4.23. The Morgan fingerprint density at radius 2 is 2.17 bits per heavy atom. The van der Waals surface area contributed by atoms with Crippen molar-refractivity contribution < 1.29 is 0 Å². The number of aromatic nitrogens is 2. The Morgan fingerprint density at radius 3 is 2.78 bits per heavy atom. The van der Waals surface area contributed by atoms with Crippen LogP contribution in [-0.4, -0.2) is 34.0 Å². The molecular weight excluding hydrogens is 224 g/mol. The average molecular weight is 244 g/mol. The van der Waals surface area contributed by atoms with E-state index in [9.17, 15) is 0 Å². The van der Waals surface area contributed by atoms with Crippen molar-refractivity contribution >= 4 is 11.9 Å². The lowest BCUT2D eigenvalue weighted by Crippen LogP contribution is -2.38. The summed E-state index contributed by atoms with van der Waals surface area (Å²) in [5.41, 5.74) is 2.01. The summed E-state index contributed by atoms with van der Waals surface area (Å²) in [6.07, 6.45) is 5.53. The summed E-state index contributed by atoms with van der Waals surface area (Å²) in [7, 11) is 0. The molecule has 0 radical (unpaired) electrons. The maximum Gasteiger partial charge on any atom is 0.130 e. The van der Waals surface area contributed by atoms with Gasteiger partial charge in [0.2, 0.25) is 0 Å². The number of hydrogen-bond acceptors (Lipinski definition) is 4. The fourth-order valence-corrected chi connectivity index (χ4v) is 2.18. The van der Waals surface area contributed by atoms with Crippen LogP contribution in [0, 0.1) is 0 Å². The molecule has 1 aromatic heterocycles. The van der Waals surface area contributed by atoms with Gasteiger partial charge in [0.25, 0.3) is 0 Å². The van der Waals surface area contributed by atoms with Gasteiger partial charge < -0.3 is 10.2 Å². The van der Waals surface area contributed by atoms with Crippen LogP contribution in [-0.2, 0) is 0 Å². The summed E-state index contributed by atoms with van der Waals surface area (Å²) in [6.45, 7) is 11.9. The number of anilines is 1. The summed E-state index contributed by atoms with van der Waals surface area (Å²) in [5, 5.41) is 3.46. The quantitative estimate of drug-likeness (QED) is 0.883. The second kappa shape index (κ2) is 5.67. The summed E-state index contributed by atoms with van der Waals surface area (Å²) >= 11 is 0. The molecule has 0 amide bonds. The first-order valence-electron chi connectivity index (χ1n) is 6.30. The molecule has 0 unspecified atom stereocenters. The third-order valence-corrected chi connectivity index (χ3v) is 3.28. The minimum Gasteiger partial charge on any atom is -0.375 e. The Labute approximate surface area is 108 Å². The van der Waals surface area contributed by atoms with E-state index in [2.05, 4.69) is 40.3 Å². The van der Waals surface area contributed by atoms with Crippen molar-refractivity contribution in [3.63, 3.8) is 0 Å². The van der Waals surface area contributed by atoms with Crippen LogP contribution >= 0.6 is 0 Å². The fraction of sp³-hybridized carbons (Fsp3) is 0.429. The molecule has 4 nitrogen and oxygen atoms in total. The van der Waals surface area contributed by atoms with Crippen molar-refractivity contribution in [1.82, 2.24) is 14.9 Å². The number of piperidine rings is 1. The van der Waals surface area contributed by atoms with E-state index in [-0.39, 0.29) is 0 Å². The molecule has 1 fully saturated rings. The van der Waals surface area contributed by atoms with Crippen LogP contribution in [0.2, 0.25) is 0 Å². The van der Waals surface area contributed by atoms with Gasteiger partial charge in [-0.25, -0.2) is 9.97 Å². The number of allylic oxidation sites excluding steroid dienone is 1. The summed E-state index contributed by atoms with van der Waals surface area (Å²) in [5.74, 6) is 0.883. The van der Waals surface area contributed by atoms with Crippen LogP contribution in [0.3, 0.4) is 0 Å². The molecule has 18 heavy (non-hydrogen) atoms. The Bertz CT molecular complexity index is 433. The minimum atomic E-state index is 0.480. The second-order valence-electron chi connectivity index (χ2n) is 4.67. The van der Waals surface area contributed by atoms with Crippen LogP contribution in [0.1, 0.15) is 25.5 Å². The molecule has 1 N–H and O–H groups in total. The number of likely N-dealkylation sites (tertiary alicyclic amines) is 1. The zero-order valence-electron chi connectivity index (χ0n) is 10.9. The van der Waals surface area contributed by atoms with Crippen LogP contribution < -0.4 is 5.32 Å². The van der Waals surface area contributed by atoms with E-state index in [1.54, 1.807) is 12.4 Å². The minimum absolute atomic E-state index is 0.480. The standard InChI is InChI=1S/C14H20N4/c1-4-12-9-14(16-10-15-12)17-13-5-7-18(8-6-13)11(2)3/h4,9-10,13H,1-2,5-8H2,3H3,(H,15,16,17). The number of rotatable bonds is 4. The van der Waals surface area contributed by atoms with Crippen LogP contribution in [0.25, 0.3) is 6.08 Å². The number of nitrogens with one attached hydrogen (secondary N) is 1. The highest BCUT2D eigenvalue weighted by Crippen LogP contribution is 2.17. The van der Waals surface area contributed by atoms with Gasteiger partial charge >= 0.3 is 0 Å². The Morgan fingerprint density at radius 1 is 1.44 bits per heavy atom. The Hall–Kier alpha value is -1.84. The molecule has 0 saturated carbocycles. The van der Waals surface area contributed by atoms with Gasteiger partial charge in [-0.05, 0) is 25.8 Å². The Balaban J connectivity index is 1.91. The number of hydrogen-bond donors (Lipinski definition) is 1. The predicted molar refractivity (Wildman–Crippen MR) is 75.2 cm³/mol. The number of nitrogens with zero attached hydrogens (tertiary/aromatic N) is 3. The van der Waals surface area contributed by atoms with Gasteiger partial charge in [-0.2, -0.15) is 0 Å². The highest BCUT2D eigenvalue weighted by molar-refractivity contribution is 5.48. The monoisotopic (exact) mass is 244 g/mol. The molecule has 1 aliphatic heterocycles. The summed E-state index contributed by atoms with van der Waals surface area (Å²) < 4.78 is 0. The predicted octanol–water partition coefficient (Wildman–Crippen LogP) is 2.53. The second-order valence-corrected chi connectivity index (χ2v) is 4.67. The van der Waals surface area contributed by atoms with E-state index in [0.29, 0.717) is 6.04 Å². The van der Waals surface area contributed by atoms with Crippen LogP contribution in [0.5, 0.6) is 0 Å². The van der Waals surface area contributed by atoms with Crippen LogP contribution in [0.4, 0.5) is 5.82 Å². The molecule has 4 heteroatoms. The normalized spacial score (nSPS) is 16.4. The van der Waals surface area contributed by atoms with E-state index in [1.807, 2.05) is 6.07 Å². The molecule has 96 valence electrons. The van der Waals surface area contributed by atoms with Crippen molar-refractivity contribution in [2.45, 2.75) is 25.8 Å². The van der Waals surface area contributed by atoms with E-state index < -0.39 is 0 Å². The van der Waals surface area contributed by atoms with E-state index >= 15 is 0 Å². The van der Waals surface area contributed by atoms with E-state index in [4.69, 9.17) is 0 Å². The molecule has 0 atom stereocenters. The topological polar surface area (TPSA) is 41.0 Å². The van der Waals surface area contributed by atoms with Gasteiger partial charge in [0.05, 0.1) is 5.69 Å². The smallest absolute Gasteiger partial charge is 0.130 e. The zero-order chi connectivity index (χ0) is 13.0. The van der Waals surface area contributed by atoms with Crippen molar-refractivity contribution in [3.8, 4) is 0 Å². The highest BCUT2D eigenvalue weighted by atomic mass is 15.2. The first kappa shape index (κ1) is 12.6. The summed E-state index contributed by atoms with van der Waals surface area (Å²) in [6, 6.07) is 2.41. The molecular formula is C14H20N4. The van der Waals surface area contributed by atoms with Crippen LogP contribution in [0.15, 0.2) is 31.2 Å². The highest BCUT2D eigenvalue weighted by Gasteiger charge is 2.18. The SMILES string of the molecule is C=Cc1cc(NC2CCN(C(=C)C)CC2)ncn1. The van der Waals surface area contributed by atoms with E-state index in [0.717, 1.165) is 43.1 Å². The van der Waals surface area contributed by atoms with Crippen molar-refractivity contribution in [1.29, 1.82) is 0 Å². The maximum atomic E-state index is 4.23. The molecule has 2 rings (SSSR count). The third-order valence-electron chi connectivity index (χ3n) is 3.28. The van der Waals surface area contributed by atoms with Crippen molar-refractivity contribution in [3.05, 3.63) is 36.9 Å². The van der Waals surface area contributed by atoms with Gasteiger partial charge in [0.15, 0.2) is 0 Å². The average Bonchev–Trinajstić information content (AvgIpc) is 2.39. The zero-order valence-corrected chi connectivity index (χ0v) is 10.9. The van der Waals surface area contributed by atoms with Gasteiger partial charge in [0, 0.05) is 30.9 Å².